The second-order valence-electron chi connectivity index (χ2n) is 5.31. The first-order valence-corrected chi connectivity index (χ1v) is 7.19. The van der Waals surface area contributed by atoms with Crippen molar-refractivity contribution in [2.45, 2.75) is 50.7 Å². The van der Waals surface area contributed by atoms with Gasteiger partial charge in [0.2, 0.25) is 0 Å². The summed E-state index contributed by atoms with van der Waals surface area (Å²) in [6, 6.07) is 0. The monoisotopic (exact) mass is 254 g/mol. The Hall–Kier alpha value is -0.450. The Morgan fingerprint density at radius 1 is 1.47 bits per heavy atom. The quantitative estimate of drug-likeness (QED) is 0.895. The third-order valence-corrected chi connectivity index (χ3v) is 5.00. The summed E-state index contributed by atoms with van der Waals surface area (Å²) in [6.45, 7) is 2.00. The standard InChI is InChI=1S/C13H22N2OS/c1-10-9-17-12(14-10)8-11(16)13(15(2)3)6-4-5-7-13/h9,11,16H,4-8H2,1-3H3. The Labute approximate surface area is 107 Å². The first-order valence-electron chi connectivity index (χ1n) is 6.31. The predicted molar refractivity (Wildman–Crippen MR) is 71.4 cm³/mol. The van der Waals surface area contributed by atoms with Gasteiger partial charge < -0.3 is 10.0 Å². The van der Waals surface area contributed by atoms with Gasteiger partial charge in [-0.25, -0.2) is 4.98 Å². The lowest BCUT2D eigenvalue weighted by atomic mass is 9.87. The van der Waals surface area contributed by atoms with E-state index >= 15 is 0 Å². The zero-order valence-corrected chi connectivity index (χ0v) is 11.8. The molecule has 1 aromatic rings. The summed E-state index contributed by atoms with van der Waals surface area (Å²) in [7, 11) is 4.17. The molecule has 0 aliphatic heterocycles. The van der Waals surface area contributed by atoms with E-state index in [1.54, 1.807) is 11.3 Å². The molecule has 1 aliphatic carbocycles. The van der Waals surface area contributed by atoms with Gasteiger partial charge in [0.25, 0.3) is 0 Å². The lowest BCUT2D eigenvalue weighted by Gasteiger charge is -2.40. The van der Waals surface area contributed by atoms with Crippen molar-refractivity contribution in [3.05, 3.63) is 16.1 Å². The van der Waals surface area contributed by atoms with E-state index in [1.165, 1.54) is 12.8 Å². The van der Waals surface area contributed by atoms with Gasteiger partial charge in [-0.1, -0.05) is 12.8 Å². The minimum atomic E-state index is -0.300. The fourth-order valence-electron chi connectivity index (χ4n) is 2.92. The minimum Gasteiger partial charge on any atom is -0.391 e. The third-order valence-electron chi connectivity index (χ3n) is 4.01. The van der Waals surface area contributed by atoms with Crippen LogP contribution < -0.4 is 0 Å². The Morgan fingerprint density at radius 3 is 2.59 bits per heavy atom. The molecule has 2 rings (SSSR count). The van der Waals surface area contributed by atoms with Crippen LogP contribution in [-0.2, 0) is 6.42 Å². The molecule has 1 fully saturated rings. The van der Waals surface area contributed by atoms with Crippen LogP contribution in [0.2, 0.25) is 0 Å². The number of likely N-dealkylation sites (N-methyl/N-ethyl adjacent to an activating group) is 1. The maximum atomic E-state index is 10.6. The number of aromatic nitrogens is 1. The van der Waals surface area contributed by atoms with Crippen LogP contribution in [0, 0.1) is 6.92 Å². The fourth-order valence-corrected chi connectivity index (χ4v) is 3.73. The van der Waals surface area contributed by atoms with Crippen LogP contribution in [0.25, 0.3) is 0 Å². The number of aliphatic hydroxyl groups excluding tert-OH is 1. The van der Waals surface area contributed by atoms with Crippen LogP contribution in [-0.4, -0.2) is 40.7 Å². The highest BCUT2D eigenvalue weighted by Crippen LogP contribution is 2.37. The van der Waals surface area contributed by atoms with Crippen molar-refractivity contribution in [1.29, 1.82) is 0 Å². The maximum absolute atomic E-state index is 10.6. The number of nitrogens with zero attached hydrogens (tertiary/aromatic N) is 2. The van der Waals surface area contributed by atoms with E-state index in [9.17, 15) is 5.11 Å². The molecule has 0 amide bonds. The van der Waals surface area contributed by atoms with Crippen molar-refractivity contribution in [3.8, 4) is 0 Å². The first-order chi connectivity index (χ1) is 8.04. The van der Waals surface area contributed by atoms with E-state index in [2.05, 4.69) is 29.4 Å². The first kappa shape index (κ1) is 13.0. The molecule has 0 saturated heterocycles. The molecule has 0 aromatic carbocycles. The van der Waals surface area contributed by atoms with Crippen molar-refractivity contribution in [2.75, 3.05) is 14.1 Å². The molecule has 1 aromatic heterocycles. The average molecular weight is 254 g/mol. The van der Waals surface area contributed by atoms with Gasteiger partial charge in [-0.15, -0.1) is 11.3 Å². The third kappa shape index (κ3) is 2.54. The lowest BCUT2D eigenvalue weighted by Crippen LogP contribution is -2.52. The van der Waals surface area contributed by atoms with Crippen molar-refractivity contribution < 1.29 is 5.11 Å². The van der Waals surface area contributed by atoms with Crippen molar-refractivity contribution in [2.24, 2.45) is 0 Å². The Bertz CT molecular complexity index is 369. The fraction of sp³-hybridized carbons (Fsp3) is 0.769. The molecule has 1 heterocycles. The second-order valence-corrected chi connectivity index (χ2v) is 6.25. The molecule has 1 aliphatic rings. The van der Waals surface area contributed by atoms with Crippen LogP contribution in [0.1, 0.15) is 36.4 Å². The molecule has 1 saturated carbocycles. The molecule has 0 bridgehead atoms. The molecule has 1 unspecified atom stereocenters. The maximum Gasteiger partial charge on any atom is 0.0954 e. The number of hydrogen-bond donors (Lipinski definition) is 1. The minimum absolute atomic E-state index is 0.0282. The summed E-state index contributed by atoms with van der Waals surface area (Å²) >= 11 is 1.66. The number of rotatable bonds is 4. The van der Waals surface area contributed by atoms with Crippen molar-refractivity contribution in [3.63, 3.8) is 0 Å². The largest absolute Gasteiger partial charge is 0.391 e. The summed E-state index contributed by atoms with van der Waals surface area (Å²) in [6.07, 6.45) is 5.05. The molecule has 1 atom stereocenters. The van der Waals surface area contributed by atoms with Crippen LogP contribution in [0.5, 0.6) is 0 Å². The molecule has 0 spiro atoms. The van der Waals surface area contributed by atoms with Crippen molar-refractivity contribution >= 4 is 11.3 Å². The lowest BCUT2D eigenvalue weighted by molar-refractivity contribution is -0.00253. The van der Waals surface area contributed by atoms with Gasteiger partial charge in [0.15, 0.2) is 0 Å². The summed E-state index contributed by atoms with van der Waals surface area (Å²) < 4.78 is 0. The van der Waals surface area contributed by atoms with E-state index in [-0.39, 0.29) is 11.6 Å². The average Bonchev–Trinajstić information content (AvgIpc) is 2.87. The SMILES string of the molecule is Cc1csc(CC(O)C2(N(C)C)CCCC2)n1. The molecular weight excluding hydrogens is 232 g/mol. The van der Waals surface area contributed by atoms with Gasteiger partial charge in [-0.05, 0) is 33.9 Å². The zero-order valence-electron chi connectivity index (χ0n) is 10.9. The highest BCUT2D eigenvalue weighted by molar-refractivity contribution is 7.09. The van der Waals surface area contributed by atoms with E-state index in [0.29, 0.717) is 6.42 Å². The van der Waals surface area contributed by atoms with Crippen LogP contribution in [0.15, 0.2) is 5.38 Å². The predicted octanol–water partition coefficient (Wildman–Crippen LogP) is 2.23. The summed E-state index contributed by atoms with van der Waals surface area (Å²) in [5, 5.41) is 13.7. The summed E-state index contributed by atoms with van der Waals surface area (Å²) in [5.74, 6) is 0. The van der Waals surface area contributed by atoms with Crippen molar-refractivity contribution in [1.82, 2.24) is 9.88 Å². The van der Waals surface area contributed by atoms with E-state index < -0.39 is 0 Å². The Balaban J connectivity index is 2.09. The number of hydrogen-bond acceptors (Lipinski definition) is 4. The van der Waals surface area contributed by atoms with Gasteiger partial charge >= 0.3 is 0 Å². The number of aliphatic hydroxyl groups is 1. The Kier molecular flexibility index (Phi) is 3.85. The van der Waals surface area contributed by atoms with E-state index in [4.69, 9.17) is 0 Å². The second kappa shape index (κ2) is 5.04. The summed E-state index contributed by atoms with van der Waals surface area (Å²) in [4.78, 5) is 6.67. The Morgan fingerprint density at radius 2 is 2.12 bits per heavy atom. The topological polar surface area (TPSA) is 36.4 Å². The highest BCUT2D eigenvalue weighted by Gasteiger charge is 2.42. The van der Waals surface area contributed by atoms with E-state index in [0.717, 1.165) is 23.5 Å². The molecule has 3 nitrogen and oxygen atoms in total. The zero-order chi connectivity index (χ0) is 12.5. The normalized spacial score (nSPS) is 21.0. The molecule has 4 heteroatoms. The van der Waals surface area contributed by atoms with Gasteiger partial charge in [-0.2, -0.15) is 0 Å². The molecule has 17 heavy (non-hydrogen) atoms. The van der Waals surface area contributed by atoms with Gasteiger partial charge in [0.1, 0.15) is 0 Å². The molecule has 0 radical (unpaired) electrons. The van der Waals surface area contributed by atoms with Crippen LogP contribution >= 0.6 is 11.3 Å². The van der Waals surface area contributed by atoms with Gasteiger partial charge in [0.05, 0.1) is 11.1 Å². The number of thiazole rings is 1. The molecule has 96 valence electrons. The van der Waals surface area contributed by atoms with E-state index in [1.807, 2.05) is 6.92 Å². The molecular formula is C13H22N2OS. The smallest absolute Gasteiger partial charge is 0.0954 e. The van der Waals surface area contributed by atoms with Crippen LogP contribution in [0.4, 0.5) is 0 Å². The molecule has 1 N–H and O–H groups in total. The summed E-state index contributed by atoms with van der Waals surface area (Å²) in [5.41, 5.74) is 1.03. The van der Waals surface area contributed by atoms with Gasteiger partial charge in [0, 0.05) is 23.0 Å². The van der Waals surface area contributed by atoms with Crippen LogP contribution in [0.3, 0.4) is 0 Å². The highest BCUT2D eigenvalue weighted by atomic mass is 32.1. The van der Waals surface area contributed by atoms with Gasteiger partial charge in [-0.3, -0.25) is 0 Å². The number of aryl methyl sites for hydroxylation is 1.